The highest BCUT2D eigenvalue weighted by atomic mass is 32.2. The SMILES string of the molecule is COc1cc(NC(=O)CSc2ccc(S(=O)(=O)c3ccccc3)nn2)cc(OC)c1OC. The average molecular weight is 476 g/mol. The van der Waals surface area contributed by atoms with Crippen LogP contribution in [0.25, 0.3) is 0 Å². The summed E-state index contributed by atoms with van der Waals surface area (Å²) in [6, 6.07) is 14.1. The molecule has 1 amide bonds. The van der Waals surface area contributed by atoms with Crippen molar-refractivity contribution in [2.45, 2.75) is 14.9 Å². The van der Waals surface area contributed by atoms with Crippen molar-refractivity contribution in [2.75, 3.05) is 32.4 Å². The van der Waals surface area contributed by atoms with Gasteiger partial charge >= 0.3 is 0 Å². The third-order valence-electron chi connectivity index (χ3n) is 4.24. The van der Waals surface area contributed by atoms with E-state index >= 15 is 0 Å². The van der Waals surface area contributed by atoms with Crippen molar-refractivity contribution in [3.05, 3.63) is 54.6 Å². The summed E-state index contributed by atoms with van der Waals surface area (Å²) in [5.74, 6) is 0.984. The van der Waals surface area contributed by atoms with Gasteiger partial charge in [0.1, 0.15) is 5.03 Å². The maximum absolute atomic E-state index is 12.6. The lowest BCUT2D eigenvalue weighted by atomic mass is 10.2. The van der Waals surface area contributed by atoms with Crippen LogP contribution in [0.3, 0.4) is 0 Å². The van der Waals surface area contributed by atoms with Crippen LogP contribution in [0, 0.1) is 0 Å². The molecule has 0 aliphatic carbocycles. The summed E-state index contributed by atoms with van der Waals surface area (Å²) >= 11 is 1.12. The molecule has 0 atom stereocenters. The minimum absolute atomic E-state index is 0.0378. The first-order valence-electron chi connectivity index (χ1n) is 9.25. The van der Waals surface area contributed by atoms with E-state index in [-0.39, 0.29) is 21.6 Å². The van der Waals surface area contributed by atoms with E-state index in [1.807, 2.05) is 0 Å². The van der Waals surface area contributed by atoms with Crippen molar-refractivity contribution in [3.63, 3.8) is 0 Å². The Morgan fingerprint density at radius 2 is 1.59 bits per heavy atom. The molecule has 3 rings (SSSR count). The monoisotopic (exact) mass is 475 g/mol. The average Bonchev–Trinajstić information content (AvgIpc) is 2.82. The zero-order valence-corrected chi connectivity index (χ0v) is 19.2. The summed E-state index contributed by atoms with van der Waals surface area (Å²) < 4.78 is 40.9. The summed E-state index contributed by atoms with van der Waals surface area (Å²) in [4.78, 5) is 12.5. The van der Waals surface area contributed by atoms with Gasteiger partial charge in [0.25, 0.3) is 0 Å². The molecule has 0 saturated carbocycles. The first-order valence-corrected chi connectivity index (χ1v) is 11.7. The number of nitrogens with one attached hydrogen (secondary N) is 1. The van der Waals surface area contributed by atoms with Gasteiger partial charge in [-0.1, -0.05) is 30.0 Å². The van der Waals surface area contributed by atoms with Gasteiger partial charge in [-0.15, -0.1) is 10.2 Å². The Morgan fingerprint density at radius 1 is 0.938 bits per heavy atom. The molecule has 0 unspecified atom stereocenters. The number of hydrogen-bond donors (Lipinski definition) is 1. The number of hydrogen-bond acceptors (Lipinski definition) is 9. The molecule has 0 bridgehead atoms. The van der Waals surface area contributed by atoms with E-state index < -0.39 is 9.84 Å². The number of thioether (sulfide) groups is 1. The number of methoxy groups -OCH3 is 3. The fourth-order valence-electron chi connectivity index (χ4n) is 2.74. The highest BCUT2D eigenvalue weighted by Gasteiger charge is 2.20. The quantitative estimate of drug-likeness (QED) is 0.466. The number of benzene rings is 2. The van der Waals surface area contributed by atoms with E-state index in [0.29, 0.717) is 28.0 Å². The first kappa shape index (κ1) is 23.4. The van der Waals surface area contributed by atoms with Crippen LogP contribution in [-0.2, 0) is 14.6 Å². The molecule has 1 aromatic heterocycles. The van der Waals surface area contributed by atoms with Crippen LogP contribution in [0.1, 0.15) is 0 Å². The van der Waals surface area contributed by atoms with Gasteiger partial charge in [0.2, 0.25) is 21.5 Å². The molecule has 0 spiro atoms. The second-order valence-electron chi connectivity index (χ2n) is 6.28. The Kier molecular flexibility index (Phi) is 7.54. The molecule has 0 aliphatic rings. The highest BCUT2D eigenvalue weighted by Crippen LogP contribution is 2.40. The molecular formula is C21H21N3O6S2. The van der Waals surface area contributed by atoms with Gasteiger partial charge in [-0.05, 0) is 24.3 Å². The lowest BCUT2D eigenvalue weighted by Crippen LogP contribution is -2.14. The predicted molar refractivity (Wildman–Crippen MR) is 119 cm³/mol. The molecule has 0 saturated heterocycles. The van der Waals surface area contributed by atoms with E-state index in [1.165, 1.54) is 45.6 Å². The molecule has 0 aliphatic heterocycles. The molecule has 11 heteroatoms. The number of sulfone groups is 1. The van der Waals surface area contributed by atoms with Crippen molar-refractivity contribution in [1.29, 1.82) is 0 Å². The topological polar surface area (TPSA) is 117 Å². The number of nitrogens with zero attached hydrogens (tertiary/aromatic N) is 2. The summed E-state index contributed by atoms with van der Waals surface area (Å²) in [5, 5.41) is 10.7. The molecule has 1 N–H and O–H groups in total. The van der Waals surface area contributed by atoms with Gasteiger partial charge in [-0.2, -0.15) is 0 Å². The number of aromatic nitrogens is 2. The predicted octanol–water partition coefficient (Wildman–Crippen LogP) is 3.07. The third-order valence-corrected chi connectivity index (χ3v) is 6.83. The van der Waals surface area contributed by atoms with E-state index in [4.69, 9.17) is 14.2 Å². The number of rotatable bonds is 9. The Morgan fingerprint density at radius 3 is 2.12 bits per heavy atom. The summed E-state index contributed by atoms with van der Waals surface area (Å²) in [6.07, 6.45) is 0. The molecule has 168 valence electrons. The second-order valence-corrected chi connectivity index (χ2v) is 9.17. The number of carbonyl (C=O) groups is 1. The molecule has 32 heavy (non-hydrogen) atoms. The zero-order chi connectivity index (χ0) is 23.1. The third kappa shape index (κ3) is 5.29. The Labute approximate surface area is 190 Å². The molecule has 3 aromatic rings. The van der Waals surface area contributed by atoms with Gasteiger partial charge in [-0.3, -0.25) is 4.79 Å². The minimum atomic E-state index is -3.74. The summed E-state index contributed by atoms with van der Waals surface area (Å²) in [7, 11) is 0.720. The number of ether oxygens (including phenoxy) is 3. The number of anilines is 1. The lowest BCUT2D eigenvalue weighted by Gasteiger charge is -2.14. The Hall–Kier alpha value is -3.31. The van der Waals surface area contributed by atoms with Gasteiger partial charge in [-0.25, -0.2) is 8.42 Å². The van der Waals surface area contributed by atoms with Gasteiger partial charge < -0.3 is 19.5 Å². The van der Waals surface area contributed by atoms with Crippen molar-refractivity contribution < 1.29 is 27.4 Å². The summed E-state index contributed by atoms with van der Waals surface area (Å²) in [5.41, 5.74) is 0.473. The molecular weight excluding hydrogens is 454 g/mol. The lowest BCUT2D eigenvalue weighted by molar-refractivity contribution is -0.113. The van der Waals surface area contributed by atoms with Gasteiger partial charge in [0.15, 0.2) is 16.5 Å². The van der Waals surface area contributed by atoms with Crippen molar-refractivity contribution >= 4 is 33.2 Å². The number of carbonyl (C=O) groups excluding carboxylic acids is 1. The fraction of sp³-hybridized carbons (Fsp3) is 0.190. The van der Waals surface area contributed by atoms with E-state index in [9.17, 15) is 13.2 Å². The maximum atomic E-state index is 12.6. The van der Waals surface area contributed by atoms with Crippen LogP contribution in [0.5, 0.6) is 17.2 Å². The summed E-state index contributed by atoms with van der Waals surface area (Å²) in [6.45, 7) is 0. The first-order chi connectivity index (χ1) is 15.4. The smallest absolute Gasteiger partial charge is 0.234 e. The van der Waals surface area contributed by atoms with Crippen LogP contribution >= 0.6 is 11.8 Å². The molecule has 0 radical (unpaired) electrons. The normalized spacial score (nSPS) is 11.0. The van der Waals surface area contributed by atoms with Gasteiger partial charge in [0.05, 0.1) is 32.0 Å². The van der Waals surface area contributed by atoms with Crippen LogP contribution in [-0.4, -0.2) is 51.6 Å². The molecule has 0 fully saturated rings. The number of amides is 1. The van der Waals surface area contributed by atoms with Crippen LogP contribution in [0.2, 0.25) is 0 Å². The van der Waals surface area contributed by atoms with E-state index in [1.54, 1.807) is 30.3 Å². The minimum Gasteiger partial charge on any atom is -0.493 e. The standard InChI is InChI=1S/C21H21N3O6S2/c1-28-16-11-14(12-17(29-2)21(16)30-3)22-18(25)13-31-19-9-10-20(24-23-19)32(26,27)15-7-5-4-6-8-15/h4-12H,13H2,1-3H3,(H,22,25). The Bertz CT molecular complexity index is 1160. The zero-order valence-electron chi connectivity index (χ0n) is 17.6. The van der Waals surface area contributed by atoms with Crippen molar-refractivity contribution in [1.82, 2.24) is 10.2 Å². The molecule has 9 nitrogen and oxygen atoms in total. The maximum Gasteiger partial charge on any atom is 0.234 e. The van der Waals surface area contributed by atoms with Crippen LogP contribution in [0.15, 0.2) is 69.5 Å². The highest BCUT2D eigenvalue weighted by molar-refractivity contribution is 7.99. The van der Waals surface area contributed by atoms with Gasteiger partial charge in [0, 0.05) is 17.8 Å². The fourth-order valence-corrected chi connectivity index (χ4v) is 4.50. The van der Waals surface area contributed by atoms with Crippen molar-refractivity contribution in [3.8, 4) is 17.2 Å². The molecule has 2 aromatic carbocycles. The van der Waals surface area contributed by atoms with E-state index in [0.717, 1.165) is 11.8 Å². The van der Waals surface area contributed by atoms with Crippen molar-refractivity contribution in [2.24, 2.45) is 0 Å². The molecule has 1 heterocycles. The largest absolute Gasteiger partial charge is 0.493 e. The van der Waals surface area contributed by atoms with Crippen LogP contribution in [0.4, 0.5) is 5.69 Å². The Balaban J connectivity index is 1.64. The van der Waals surface area contributed by atoms with Crippen LogP contribution < -0.4 is 19.5 Å². The second kappa shape index (κ2) is 10.3. The van der Waals surface area contributed by atoms with E-state index in [2.05, 4.69) is 15.5 Å².